The number of sulfonamides is 1. The minimum absolute atomic E-state index is 0.143. The second kappa shape index (κ2) is 4.33. The summed E-state index contributed by atoms with van der Waals surface area (Å²) in [5, 5.41) is 9.22. The number of aryl methyl sites for hydroxylation is 3. The van der Waals surface area contributed by atoms with Crippen LogP contribution in [0.5, 0.6) is 0 Å². The van der Waals surface area contributed by atoms with Crippen LogP contribution in [0.2, 0.25) is 0 Å². The molecule has 1 aliphatic carbocycles. The van der Waals surface area contributed by atoms with Crippen LogP contribution in [0, 0.1) is 20.8 Å². The molecule has 0 amide bonds. The normalized spacial score (nSPS) is 17.8. The number of rotatable bonds is 4. The van der Waals surface area contributed by atoms with Gasteiger partial charge in [-0.25, -0.2) is 13.1 Å². The van der Waals surface area contributed by atoms with Crippen molar-refractivity contribution in [3.8, 4) is 0 Å². The molecule has 0 atom stereocenters. The van der Waals surface area contributed by atoms with Crippen LogP contribution in [0.25, 0.3) is 0 Å². The molecule has 1 fully saturated rings. The molecule has 1 aromatic carbocycles. The molecule has 2 N–H and O–H groups in total. The zero-order chi connectivity index (χ0) is 13.6. The first kappa shape index (κ1) is 13.5. The predicted molar refractivity (Wildman–Crippen MR) is 70.0 cm³/mol. The third-order valence-electron chi connectivity index (χ3n) is 3.38. The standard InChI is InChI=1S/C13H19NO3S/c1-9-6-10(2)12(11(3)7-9)18(16,17)14-13(8-15)4-5-13/h6-7,14-15H,4-5,8H2,1-3H3. The summed E-state index contributed by atoms with van der Waals surface area (Å²) in [6.07, 6.45) is 1.40. The summed E-state index contributed by atoms with van der Waals surface area (Å²) in [6, 6.07) is 3.72. The fourth-order valence-electron chi connectivity index (χ4n) is 2.37. The number of nitrogens with one attached hydrogen (secondary N) is 1. The molecule has 100 valence electrons. The fraction of sp³-hybridized carbons (Fsp3) is 0.538. The minimum Gasteiger partial charge on any atom is -0.394 e. The molecule has 1 aliphatic rings. The van der Waals surface area contributed by atoms with Crippen LogP contribution in [0.4, 0.5) is 0 Å². The van der Waals surface area contributed by atoms with Crippen molar-refractivity contribution < 1.29 is 13.5 Å². The van der Waals surface area contributed by atoms with Gasteiger partial charge in [-0.15, -0.1) is 0 Å². The molecule has 2 rings (SSSR count). The van der Waals surface area contributed by atoms with Gasteiger partial charge in [0.1, 0.15) is 0 Å². The largest absolute Gasteiger partial charge is 0.394 e. The first-order valence-corrected chi connectivity index (χ1v) is 7.51. The highest BCUT2D eigenvalue weighted by molar-refractivity contribution is 7.89. The first-order chi connectivity index (χ1) is 8.30. The average Bonchev–Trinajstić information content (AvgIpc) is 2.95. The zero-order valence-corrected chi connectivity index (χ0v) is 11.8. The highest BCUT2D eigenvalue weighted by atomic mass is 32.2. The highest BCUT2D eigenvalue weighted by Crippen LogP contribution is 2.37. The molecule has 0 spiro atoms. The van der Waals surface area contributed by atoms with Crippen LogP contribution in [0.1, 0.15) is 29.5 Å². The van der Waals surface area contributed by atoms with Crippen LogP contribution in [0.15, 0.2) is 17.0 Å². The van der Waals surface area contributed by atoms with E-state index in [4.69, 9.17) is 0 Å². The number of benzene rings is 1. The van der Waals surface area contributed by atoms with E-state index < -0.39 is 15.6 Å². The van der Waals surface area contributed by atoms with Crippen molar-refractivity contribution in [1.29, 1.82) is 0 Å². The molecular weight excluding hydrogens is 250 g/mol. The van der Waals surface area contributed by atoms with Crippen molar-refractivity contribution in [2.45, 2.75) is 44.0 Å². The molecule has 0 bridgehead atoms. The van der Waals surface area contributed by atoms with Gasteiger partial charge >= 0.3 is 0 Å². The molecule has 18 heavy (non-hydrogen) atoms. The second-order valence-electron chi connectivity index (χ2n) is 5.27. The molecule has 0 heterocycles. The Bertz CT molecular complexity index is 551. The molecule has 4 nitrogen and oxygen atoms in total. The Morgan fingerprint density at radius 2 is 1.72 bits per heavy atom. The van der Waals surface area contributed by atoms with Crippen molar-refractivity contribution in [1.82, 2.24) is 4.72 Å². The van der Waals surface area contributed by atoms with Gasteiger partial charge in [-0.2, -0.15) is 0 Å². The van der Waals surface area contributed by atoms with Gasteiger partial charge in [0.25, 0.3) is 0 Å². The van der Waals surface area contributed by atoms with Crippen molar-refractivity contribution in [3.63, 3.8) is 0 Å². The highest BCUT2D eigenvalue weighted by Gasteiger charge is 2.46. The van der Waals surface area contributed by atoms with E-state index in [9.17, 15) is 13.5 Å². The number of aliphatic hydroxyl groups is 1. The molecule has 0 saturated heterocycles. The minimum atomic E-state index is -3.56. The quantitative estimate of drug-likeness (QED) is 0.868. The maximum Gasteiger partial charge on any atom is 0.241 e. The summed E-state index contributed by atoms with van der Waals surface area (Å²) in [7, 11) is -3.56. The van der Waals surface area contributed by atoms with Gasteiger partial charge in [0, 0.05) is 0 Å². The number of hydrogen-bond acceptors (Lipinski definition) is 3. The van der Waals surface area contributed by atoms with Crippen LogP contribution in [-0.4, -0.2) is 25.7 Å². The van der Waals surface area contributed by atoms with Gasteiger partial charge in [-0.1, -0.05) is 17.7 Å². The molecule has 1 aromatic rings. The van der Waals surface area contributed by atoms with Crippen LogP contribution >= 0.6 is 0 Å². The maximum absolute atomic E-state index is 12.4. The maximum atomic E-state index is 12.4. The van der Waals surface area contributed by atoms with E-state index in [2.05, 4.69) is 4.72 Å². The summed E-state index contributed by atoms with van der Waals surface area (Å²) >= 11 is 0. The number of aliphatic hydroxyl groups excluding tert-OH is 1. The summed E-state index contributed by atoms with van der Waals surface area (Å²) in [6.45, 7) is 5.40. The predicted octanol–water partition coefficient (Wildman–Crippen LogP) is 1.42. The molecule has 0 unspecified atom stereocenters. The van der Waals surface area contributed by atoms with Crippen LogP contribution < -0.4 is 4.72 Å². The average molecular weight is 269 g/mol. The van der Waals surface area contributed by atoms with E-state index in [-0.39, 0.29) is 6.61 Å². The van der Waals surface area contributed by atoms with Gasteiger partial charge in [-0.3, -0.25) is 0 Å². The van der Waals surface area contributed by atoms with E-state index in [0.717, 1.165) is 16.7 Å². The molecular formula is C13H19NO3S. The van der Waals surface area contributed by atoms with E-state index in [0.29, 0.717) is 17.7 Å². The topological polar surface area (TPSA) is 66.4 Å². The second-order valence-corrected chi connectivity index (χ2v) is 6.89. The Morgan fingerprint density at radius 3 is 2.11 bits per heavy atom. The lowest BCUT2D eigenvalue weighted by Crippen LogP contribution is -2.40. The smallest absolute Gasteiger partial charge is 0.241 e. The molecule has 1 saturated carbocycles. The summed E-state index contributed by atoms with van der Waals surface area (Å²) < 4.78 is 27.4. The van der Waals surface area contributed by atoms with Crippen LogP contribution in [0.3, 0.4) is 0 Å². The zero-order valence-electron chi connectivity index (χ0n) is 10.9. The van der Waals surface area contributed by atoms with E-state index in [1.807, 2.05) is 19.1 Å². The van der Waals surface area contributed by atoms with Crippen molar-refractivity contribution in [2.24, 2.45) is 0 Å². The lowest BCUT2D eigenvalue weighted by molar-refractivity contribution is 0.246. The molecule has 5 heteroatoms. The van der Waals surface area contributed by atoms with Crippen LogP contribution in [-0.2, 0) is 10.0 Å². The monoisotopic (exact) mass is 269 g/mol. The third kappa shape index (κ3) is 2.43. The van der Waals surface area contributed by atoms with Gasteiger partial charge in [0.2, 0.25) is 10.0 Å². The van der Waals surface area contributed by atoms with Crippen molar-refractivity contribution >= 4 is 10.0 Å². The Hall–Kier alpha value is -0.910. The summed E-state index contributed by atoms with van der Waals surface area (Å²) in [4.78, 5) is 0.341. The van der Waals surface area contributed by atoms with Gasteiger partial charge in [0.05, 0.1) is 17.0 Å². The lowest BCUT2D eigenvalue weighted by Gasteiger charge is -2.18. The molecule has 0 radical (unpaired) electrons. The fourth-order valence-corrected chi connectivity index (χ4v) is 4.28. The number of hydrogen-bond donors (Lipinski definition) is 2. The SMILES string of the molecule is Cc1cc(C)c(S(=O)(=O)NC2(CO)CC2)c(C)c1. The van der Waals surface area contributed by atoms with E-state index >= 15 is 0 Å². The van der Waals surface area contributed by atoms with E-state index in [1.165, 1.54) is 0 Å². The Labute approximate surface area is 108 Å². The Morgan fingerprint density at radius 1 is 1.22 bits per heavy atom. The first-order valence-electron chi connectivity index (χ1n) is 6.02. The summed E-state index contributed by atoms with van der Waals surface area (Å²) in [5.41, 5.74) is 1.91. The molecule has 0 aromatic heterocycles. The summed E-state index contributed by atoms with van der Waals surface area (Å²) in [5.74, 6) is 0. The Kier molecular flexibility index (Phi) is 3.25. The molecule has 0 aliphatic heterocycles. The van der Waals surface area contributed by atoms with Crippen molar-refractivity contribution in [2.75, 3.05) is 6.61 Å². The van der Waals surface area contributed by atoms with E-state index in [1.54, 1.807) is 13.8 Å². The van der Waals surface area contributed by atoms with Gasteiger partial charge < -0.3 is 5.11 Å². The van der Waals surface area contributed by atoms with Gasteiger partial charge in [0.15, 0.2) is 0 Å². The van der Waals surface area contributed by atoms with Crippen molar-refractivity contribution in [3.05, 3.63) is 28.8 Å². The van der Waals surface area contributed by atoms with Gasteiger partial charge in [-0.05, 0) is 44.7 Å². The lowest BCUT2D eigenvalue weighted by atomic mass is 10.1. The third-order valence-corrected chi connectivity index (χ3v) is 5.26. The Balaban J connectivity index is 2.42.